The Hall–Kier alpha value is -2.78. The second-order valence-electron chi connectivity index (χ2n) is 8.18. The van der Waals surface area contributed by atoms with Crippen LogP contribution in [0.2, 0.25) is 0 Å². The van der Waals surface area contributed by atoms with Gasteiger partial charge in [0.25, 0.3) is 5.91 Å². The third kappa shape index (κ3) is 3.88. The fraction of sp³-hybridized carbons (Fsp3) is 0.450. The van der Waals surface area contributed by atoms with Gasteiger partial charge in [-0.1, -0.05) is 13.8 Å². The molecule has 0 saturated carbocycles. The van der Waals surface area contributed by atoms with Crippen LogP contribution in [0.3, 0.4) is 0 Å². The number of rotatable bonds is 6. The smallest absolute Gasteiger partial charge is 0.253 e. The number of fused-ring (bicyclic) bond motifs is 1. The van der Waals surface area contributed by atoms with Gasteiger partial charge in [0, 0.05) is 12.5 Å². The number of benzene rings is 1. The normalized spacial score (nSPS) is 15.5. The number of hydrogen-bond donors (Lipinski definition) is 4. The summed E-state index contributed by atoms with van der Waals surface area (Å²) in [6.07, 6.45) is 0.982. The van der Waals surface area contributed by atoms with Gasteiger partial charge in [-0.3, -0.25) is 9.59 Å². The first-order valence-corrected chi connectivity index (χ1v) is 9.31. The van der Waals surface area contributed by atoms with E-state index in [1.165, 1.54) is 10.7 Å². The summed E-state index contributed by atoms with van der Waals surface area (Å²) in [7, 11) is 0. The number of anilines is 1. The number of carbonyl (C=O) groups is 2. The molecule has 2 aromatic rings. The fourth-order valence-corrected chi connectivity index (χ4v) is 3.80. The number of aryl methyl sites for hydroxylation is 1. The molecule has 1 aromatic carbocycles. The summed E-state index contributed by atoms with van der Waals surface area (Å²) >= 11 is 0. The molecule has 9 heteroatoms. The number of carbonyl (C=O) groups excluding carboxylic acids is 2. The number of nitrogens with two attached hydrogens (primary N) is 1. The number of amides is 1. The quantitative estimate of drug-likeness (QED) is 0.575. The molecule has 1 heterocycles. The van der Waals surface area contributed by atoms with Crippen LogP contribution in [0.4, 0.5) is 10.1 Å². The Balaban J connectivity index is 2.18. The van der Waals surface area contributed by atoms with Gasteiger partial charge in [0.05, 0.1) is 53.1 Å². The number of primary amides is 1. The van der Waals surface area contributed by atoms with E-state index < -0.39 is 31.0 Å². The van der Waals surface area contributed by atoms with Crippen LogP contribution < -0.4 is 11.1 Å². The Bertz CT molecular complexity index is 979. The van der Waals surface area contributed by atoms with Crippen molar-refractivity contribution in [2.45, 2.75) is 39.7 Å². The van der Waals surface area contributed by atoms with E-state index in [-0.39, 0.29) is 22.4 Å². The predicted molar refractivity (Wildman–Crippen MR) is 105 cm³/mol. The molecule has 8 nitrogen and oxygen atoms in total. The second kappa shape index (κ2) is 7.57. The van der Waals surface area contributed by atoms with Crippen molar-refractivity contribution >= 4 is 17.4 Å². The van der Waals surface area contributed by atoms with Gasteiger partial charge in [-0.25, -0.2) is 9.07 Å². The number of nitrogens with one attached hydrogen (secondary N) is 1. The average molecular weight is 404 g/mol. The summed E-state index contributed by atoms with van der Waals surface area (Å²) in [6.45, 7) is 4.83. The van der Waals surface area contributed by atoms with Crippen molar-refractivity contribution in [2.75, 3.05) is 18.5 Å². The van der Waals surface area contributed by atoms with E-state index in [0.29, 0.717) is 35.5 Å². The molecule has 0 saturated heterocycles. The summed E-state index contributed by atoms with van der Waals surface area (Å²) in [5.74, 6) is -1.86. The van der Waals surface area contributed by atoms with Crippen LogP contribution in [0, 0.1) is 18.2 Å². The first kappa shape index (κ1) is 20.9. The molecular formula is C20H25FN4O4. The molecule has 1 amide bonds. The predicted octanol–water partition coefficient (Wildman–Crippen LogP) is 1.34. The molecule has 3 rings (SSSR count). The van der Waals surface area contributed by atoms with Crippen LogP contribution in [-0.4, -0.2) is 50.9 Å². The van der Waals surface area contributed by atoms with E-state index in [2.05, 4.69) is 10.4 Å². The standard InChI is InChI=1S/C20H25FN4O4/c1-10-17-15(6-20(2,3)7-16(17)28)25(24-10)12-4-13(21)18(19(22)29)14(5-12)23-11(8-26)9-27/h4-5,11,23,26-27H,6-9H2,1-3H3,(H2,22,29). The molecule has 0 unspecified atom stereocenters. The summed E-state index contributed by atoms with van der Waals surface area (Å²) in [5, 5.41) is 25.8. The van der Waals surface area contributed by atoms with Gasteiger partial charge in [0.2, 0.25) is 0 Å². The summed E-state index contributed by atoms with van der Waals surface area (Å²) < 4.78 is 16.3. The van der Waals surface area contributed by atoms with Gasteiger partial charge in [-0.05, 0) is 24.8 Å². The highest BCUT2D eigenvalue weighted by molar-refractivity contribution is 6.00. The molecule has 0 aliphatic heterocycles. The minimum atomic E-state index is -0.985. The third-order valence-electron chi connectivity index (χ3n) is 5.09. The zero-order chi connectivity index (χ0) is 21.5. The molecule has 0 radical (unpaired) electrons. The maximum atomic E-state index is 14.8. The number of ketones is 1. The fourth-order valence-electron chi connectivity index (χ4n) is 3.80. The van der Waals surface area contributed by atoms with Gasteiger partial charge < -0.3 is 21.3 Å². The van der Waals surface area contributed by atoms with E-state index in [4.69, 9.17) is 5.73 Å². The van der Waals surface area contributed by atoms with Crippen LogP contribution in [0.5, 0.6) is 0 Å². The average Bonchev–Trinajstić information content (AvgIpc) is 2.94. The van der Waals surface area contributed by atoms with Crippen molar-refractivity contribution in [2.24, 2.45) is 11.1 Å². The van der Waals surface area contributed by atoms with Crippen molar-refractivity contribution in [1.29, 1.82) is 0 Å². The molecule has 29 heavy (non-hydrogen) atoms. The lowest BCUT2D eigenvalue weighted by Gasteiger charge is -2.29. The van der Waals surface area contributed by atoms with E-state index in [9.17, 15) is 24.2 Å². The van der Waals surface area contributed by atoms with Crippen LogP contribution in [0.25, 0.3) is 5.69 Å². The lowest BCUT2D eigenvalue weighted by molar-refractivity contribution is 0.0909. The summed E-state index contributed by atoms with van der Waals surface area (Å²) in [4.78, 5) is 24.4. The summed E-state index contributed by atoms with van der Waals surface area (Å²) in [5.41, 5.74) is 6.79. The topological polar surface area (TPSA) is 130 Å². The molecule has 1 aliphatic rings. The maximum absolute atomic E-state index is 14.8. The van der Waals surface area contributed by atoms with Gasteiger partial charge in [0.15, 0.2) is 5.78 Å². The first-order chi connectivity index (χ1) is 13.6. The lowest BCUT2D eigenvalue weighted by Crippen LogP contribution is -2.30. The van der Waals surface area contributed by atoms with Crippen LogP contribution in [0.1, 0.15) is 52.4 Å². The van der Waals surface area contributed by atoms with Gasteiger partial charge in [-0.2, -0.15) is 5.10 Å². The van der Waals surface area contributed by atoms with Crippen molar-refractivity contribution in [3.8, 4) is 5.69 Å². The number of aliphatic hydroxyl groups excluding tert-OH is 2. The largest absolute Gasteiger partial charge is 0.394 e. The zero-order valence-corrected chi connectivity index (χ0v) is 16.6. The van der Waals surface area contributed by atoms with Crippen molar-refractivity contribution in [3.05, 3.63) is 40.5 Å². The van der Waals surface area contributed by atoms with Crippen LogP contribution >= 0.6 is 0 Å². The molecule has 156 valence electrons. The number of halogens is 1. The third-order valence-corrected chi connectivity index (χ3v) is 5.09. The van der Waals surface area contributed by atoms with E-state index in [1.54, 1.807) is 6.92 Å². The highest BCUT2D eigenvalue weighted by Gasteiger charge is 2.36. The number of aliphatic hydroxyl groups is 2. The Morgan fingerprint density at radius 1 is 1.34 bits per heavy atom. The van der Waals surface area contributed by atoms with Crippen molar-refractivity contribution in [3.63, 3.8) is 0 Å². The Morgan fingerprint density at radius 3 is 2.59 bits per heavy atom. The highest BCUT2D eigenvalue weighted by Crippen LogP contribution is 2.37. The second-order valence-corrected chi connectivity index (χ2v) is 8.18. The summed E-state index contributed by atoms with van der Waals surface area (Å²) in [6, 6.07) is 1.80. The van der Waals surface area contributed by atoms with E-state index in [0.717, 1.165) is 6.07 Å². The van der Waals surface area contributed by atoms with Crippen molar-refractivity contribution in [1.82, 2.24) is 9.78 Å². The van der Waals surface area contributed by atoms with E-state index in [1.807, 2.05) is 13.8 Å². The highest BCUT2D eigenvalue weighted by atomic mass is 19.1. The Labute approximate surface area is 167 Å². The molecule has 0 bridgehead atoms. The molecule has 1 aromatic heterocycles. The van der Waals surface area contributed by atoms with Gasteiger partial charge >= 0.3 is 0 Å². The molecule has 0 fully saturated rings. The van der Waals surface area contributed by atoms with Gasteiger partial charge in [0.1, 0.15) is 5.82 Å². The number of aromatic nitrogens is 2. The Morgan fingerprint density at radius 2 is 2.00 bits per heavy atom. The van der Waals surface area contributed by atoms with E-state index >= 15 is 0 Å². The number of hydrogen-bond acceptors (Lipinski definition) is 6. The molecule has 0 spiro atoms. The van der Waals surface area contributed by atoms with Crippen molar-refractivity contribution < 1.29 is 24.2 Å². The van der Waals surface area contributed by atoms with Crippen LogP contribution in [-0.2, 0) is 6.42 Å². The molecular weight excluding hydrogens is 379 g/mol. The molecule has 0 atom stereocenters. The molecule has 1 aliphatic carbocycles. The minimum Gasteiger partial charge on any atom is -0.394 e. The lowest BCUT2D eigenvalue weighted by atomic mass is 9.75. The van der Waals surface area contributed by atoms with Gasteiger partial charge in [-0.15, -0.1) is 0 Å². The Kier molecular flexibility index (Phi) is 5.46. The number of Topliss-reactive ketones (excluding diaryl/α,β-unsaturated/α-hetero) is 1. The zero-order valence-electron chi connectivity index (χ0n) is 16.6. The number of nitrogens with zero attached hydrogens (tertiary/aromatic N) is 2. The minimum absolute atomic E-state index is 0.00629. The van der Waals surface area contributed by atoms with Crippen LogP contribution in [0.15, 0.2) is 12.1 Å². The SMILES string of the molecule is Cc1nn(-c2cc(F)c(C(N)=O)c(NC(CO)CO)c2)c2c1C(=O)CC(C)(C)C2. The molecule has 5 N–H and O–H groups in total. The monoisotopic (exact) mass is 404 g/mol. The first-order valence-electron chi connectivity index (χ1n) is 9.31. The maximum Gasteiger partial charge on any atom is 0.253 e.